The predicted molar refractivity (Wildman–Crippen MR) is 89.1 cm³/mol. The van der Waals surface area contributed by atoms with Gasteiger partial charge in [0.05, 0.1) is 13.2 Å². The van der Waals surface area contributed by atoms with Gasteiger partial charge in [-0.05, 0) is 56.5 Å². The van der Waals surface area contributed by atoms with Gasteiger partial charge >= 0.3 is 0 Å². The van der Waals surface area contributed by atoms with Crippen molar-refractivity contribution < 1.29 is 9.53 Å². The molecule has 1 saturated heterocycles. The Morgan fingerprint density at radius 3 is 2.77 bits per heavy atom. The van der Waals surface area contributed by atoms with E-state index in [2.05, 4.69) is 17.1 Å². The van der Waals surface area contributed by atoms with E-state index in [4.69, 9.17) is 10.5 Å². The molecule has 5 heteroatoms. The maximum absolute atomic E-state index is 12.2. The van der Waals surface area contributed by atoms with Gasteiger partial charge in [-0.2, -0.15) is 0 Å². The van der Waals surface area contributed by atoms with Gasteiger partial charge in [0.25, 0.3) is 0 Å². The van der Waals surface area contributed by atoms with Gasteiger partial charge in [0.15, 0.2) is 0 Å². The Morgan fingerprint density at radius 1 is 1.41 bits per heavy atom. The Morgan fingerprint density at radius 2 is 2.14 bits per heavy atom. The fourth-order valence-corrected chi connectivity index (χ4v) is 2.94. The highest BCUT2D eigenvalue weighted by atomic mass is 16.5. The number of nitrogens with one attached hydrogen (secondary N) is 1. The lowest BCUT2D eigenvalue weighted by Crippen LogP contribution is -2.49. The van der Waals surface area contributed by atoms with Crippen molar-refractivity contribution >= 4 is 11.6 Å². The number of hydrogen-bond acceptors (Lipinski definition) is 4. The Labute approximate surface area is 132 Å². The summed E-state index contributed by atoms with van der Waals surface area (Å²) < 4.78 is 5.39. The van der Waals surface area contributed by atoms with Crippen molar-refractivity contribution in [1.29, 1.82) is 0 Å². The number of benzene rings is 1. The molecule has 0 aliphatic carbocycles. The Balaban J connectivity index is 1.86. The van der Waals surface area contributed by atoms with Crippen molar-refractivity contribution in [3.05, 3.63) is 24.3 Å². The minimum Gasteiger partial charge on any atom is -0.494 e. The van der Waals surface area contributed by atoms with E-state index in [1.54, 1.807) is 0 Å². The van der Waals surface area contributed by atoms with E-state index in [0.717, 1.165) is 30.8 Å². The SMILES string of the molecule is CCOc1ccc(NC(=O)CN2CCC(C)CC2CN)cc1. The van der Waals surface area contributed by atoms with E-state index in [-0.39, 0.29) is 5.91 Å². The zero-order valence-corrected chi connectivity index (χ0v) is 13.5. The van der Waals surface area contributed by atoms with Crippen molar-refractivity contribution in [1.82, 2.24) is 4.90 Å². The summed E-state index contributed by atoms with van der Waals surface area (Å²) in [5.41, 5.74) is 6.64. The van der Waals surface area contributed by atoms with Crippen LogP contribution in [0.3, 0.4) is 0 Å². The first kappa shape index (κ1) is 16.8. The maximum atomic E-state index is 12.2. The smallest absolute Gasteiger partial charge is 0.238 e. The van der Waals surface area contributed by atoms with Crippen LogP contribution in [0.2, 0.25) is 0 Å². The summed E-state index contributed by atoms with van der Waals surface area (Å²) >= 11 is 0. The van der Waals surface area contributed by atoms with Crippen molar-refractivity contribution in [2.75, 3.05) is 31.6 Å². The minimum atomic E-state index is 0.0113. The molecule has 1 aromatic rings. The zero-order valence-electron chi connectivity index (χ0n) is 13.5. The molecule has 5 nitrogen and oxygen atoms in total. The van der Waals surface area contributed by atoms with Crippen LogP contribution in [0, 0.1) is 5.92 Å². The summed E-state index contributed by atoms with van der Waals surface area (Å²) in [5, 5.41) is 2.94. The molecule has 0 spiro atoms. The van der Waals surface area contributed by atoms with Gasteiger partial charge in [0.2, 0.25) is 5.91 Å². The average molecular weight is 305 g/mol. The van der Waals surface area contributed by atoms with Gasteiger partial charge in [0.1, 0.15) is 5.75 Å². The van der Waals surface area contributed by atoms with Crippen LogP contribution < -0.4 is 15.8 Å². The molecule has 0 saturated carbocycles. The lowest BCUT2D eigenvalue weighted by Gasteiger charge is -2.37. The first-order valence-electron chi connectivity index (χ1n) is 8.09. The summed E-state index contributed by atoms with van der Waals surface area (Å²) in [7, 11) is 0. The number of amides is 1. The van der Waals surface area contributed by atoms with Crippen LogP contribution in [-0.2, 0) is 4.79 Å². The molecule has 1 aliphatic heterocycles. The predicted octanol–water partition coefficient (Wildman–Crippen LogP) is 2.08. The number of anilines is 1. The molecule has 122 valence electrons. The van der Waals surface area contributed by atoms with E-state index in [1.165, 1.54) is 0 Å². The van der Waals surface area contributed by atoms with E-state index < -0.39 is 0 Å². The number of piperidine rings is 1. The highest BCUT2D eigenvalue weighted by molar-refractivity contribution is 5.92. The fourth-order valence-electron chi connectivity index (χ4n) is 2.94. The van der Waals surface area contributed by atoms with Gasteiger partial charge in [-0.3, -0.25) is 9.69 Å². The number of nitrogens with zero attached hydrogens (tertiary/aromatic N) is 1. The summed E-state index contributed by atoms with van der Waals surface area (Å²) in [5.74, 6) is 1.52. The third-order valence-corrected chi connectivity index (χ3v) is 4.17. The number of likely N-dealkylation sites (tertiary alicyclic amines) is 1. The molecule has 1 heterocycles. The molecular formula is C17H27N3O2. The van der Waals surface area contributed by atoms with Crippen LogP contribution in [-0.4, -0.2) is 43.1 Å². The lowest BCUT2D eigenvalue weighted by atomic mass is 9.92. The molecule has 2 rings (SSSR count). The van der Waals surface area contributed by atoms with Crippen LogP contribution in [0.5, 0.6) is 5.75 Å². The number of rotatable bonds is 6. The zero-order chi connectivity index (χ0) is 15.9. The van der Waals surface area contributed by atoms with Gasteiger partial charge in [-0.1, -0.05) is 6.92 Å². The van der Waals surface area contributed by atoms with E-state index in [0.29, 0.717) is 31.7 Å². The molecule has 2 atom stereocenters. The summed E-state index contributed by atoms with van der Waals surface area (Å²) in [4.78, 5) is 14.4. The second-order valence-corrected chi connectivity index (χ2v) is 6.00. The lowest BCUT2D eigenvalue weighted by molar-refractivity contribution is -0.118. The van der Waals surface area contributed by atoms with Gasteiger partial charge in [-0.25, -0.2) is 0 Å². The molecule has 0 aromatic heterocycles. The topological polar surface area (TPSA) is 67.6 Å². The highest BCUT2D eigenvalue weighted by Crippen LogP contribution is 2.22. The molecular weight excluding hydrogens is 278 g/mol. The second kappa shape index (κ2) is 8.15. The van der Waals surface area contributed by atoms with Crippen molar-refractivity contribution in [2.24, 2.45) is 11.7 Å². The number of hydrogen-bond donors (Lipinski definition) is 2. The molecule has 1 amide bonds. The van der Waals surface area contributed by atoms with Gasteiger partial charge < -0.3 is 15.8 Å². The molecule has 0 radical (unpaired) electrons. The van der Waals surface area contributed by atoms with Crippen LogP contribution in [0.15, 0.2) is 24.3 Å². The molecule has 2 unspecified atom stereocenters. The van der Waals surface area contributed by atoms with Crippen LogP contribution in [0.1, 0.15) is 26.7 Å². The largest absolute Gasteiger partial charge is 0.494 e. The number of carbonyl (C=O) groups excluding carboxylic acids is 1. The minimum absolute atomic E-state index is 0.0113. The van der Waals surface area contributed by atoms with Crippen molar-refractivity contribution in [3.63, 3.8) is 0 Å². The highest BCUT2D eigenvalue weighted by Gasteiger charge is 2.26. The van der Waals surface area contributed by atoms with Crippen molar-refractivity contribution in [3.8, 4) is 5.75 Å². The first-order valence-corrected chi connectivity index (χ1v) is 8.09. The Bertz CT molecular complexity index is 475. The molecule has 22 heavy (non-hydrogen) atoms. The summed E-state index contributed by atoms with van der Waals surface area (Å²) in [6.45, 7) is 6.80. The van der Waals surface area contributed by atoms with E-state index in [9.17, 15) is 4.79 Å². The van der Waals surface area contributed by atoms with Crippen LogP contribution in [0.4, 0.5) is 5.69 Å². The second-order valence-electron chi connectivity index (χ2n) is 6.00. The maximum Gasteiger partial charge on any atom is 0.238 e. The normalized spacial score (nSPS) is 22.3. The molecule has 1 fully saturated rings. The van der Waals surface area contributed by atoms with Gasteiger partial charge in [-0.15, -0.1) is 0 Å². The standard InChI is InChI=1S/C17H27N3O2/c1-3-22-16-6-4-14(5-7-16)19-17(21)12-20-9-8-13(2)10-15(20)11-18/h4-7,13,15H,3,8-12,18H2,1-2H3,(H,19,21). The monoisotopic (exact) mass is 305 g/mol. The van der Waals surface area contributed by atoms with E-state index in [1.807, 2.05) is 31.2 Å². The number of carbonyl (C=O) groups is 1. The molecule has 3 N–H and O–H groups in total. The molecule has 1 aliphatic rings. The summed E-state index contributed by atoms with van der Waals surface area (Å²) in [6.07, 6.45) is 2.21. The van der Waals surface area contributed by atoms with E-state index >= 15 is 0 Å². The average Bonchev–Trinajstić information content (AvgIpc) is 2.51. The third kappa shape index (κ3) is 4.71. The Kier molecular flexibility index (Phi) is 6.21. The first-order chi connectivity index (χ1) is 10.6. The third-order valence-electron chi connectivity index (χ3n) is 4.17. The number of ether oxygens (including phenoxy) is 1. The molecule has 1 aromatic carbocycles. The number of nitrogens with two attached hydrogens (primary N) is 1. The Hall–Kier alpha value is -1.59. The molecule has 0 bridgehead atoms. The van der Waals surface area contributed by atoms with Gasteiger partial charge in [0, 0.05) is 18.3 Å². The quantitative estimate of drug-likeness (QED) is 0.844. The van der Waals surface area contributed by atoms with Crippen LogP contribution in [0.25, 0.3) is 0 Å². The summed E-state index contributed by atoms with van der Waals surface area (Å²) in [6, 6.07) is 7.77. The fraction of sp³-hybridized carbons (Fsp3) is 0.588. The van der Waals surface area contributed by atoms with Crippen LogP contribution >= 0.6 is 0 Å². The van der Waals surface area contributed by atoms with Crippen molar-refractivity contribution in [2.45, 2.75) is 32.7 Å².